The van der Waals surface area contributed by atoms with E-state index in [-0.39, 0.29) is 5.56 Å². The summed E-state index contributed by atoms with van der Waals surface area (Å²) >= 11 is 11.3. The van der Waals surface area contributed by atoms with Crippen molar-refractivity contribution in [3.05, 3.63) is 104 Å². The predicted molar refractivity (Wildman–Crippen MR) is 135 cm³/mol. The number of fused-ring (bicyclic) bond motifs is 1. The lowest BCUT2D eigenvalue weighted by molar-refractivity contribution is 0.307. The Balaban J connectivity index is 1.55. The van der Waals surface area contributed by atoms with Crippen LogP contribution in [-0.4, -0.2) is 9.97 Å². The first-order chi connectivity index (χ1) is 15.6. The fraction of sp³-hybridized carbons (Fsp3) is 0.0400. The van der Waals surface area contributed by atoms with Gasteiger partial charge in [0.05, 0.1) is 10.9 Å². The molecule has 0 aliphatic rings. The summed E-state index contributed by atoms with van der Waals surface area (Å²) in [7, 11) is 0. The molecule has 2 aromatic heterocycles. The number of rotatable bonds is 5. The van der Waals surface area contributed by atoms with Crippen molar-refractivity contribution in [3.63, 3.8) is 0 Å². The van der Waals surface area contributed by atoms with E-state index in [9.17, 15) is 4.79 Å². The molecule has 158 valence electrons. The maximum atomic E-state index is 12.9. The second-order valence-corrected chi connectivity index (χ2v) is 9.48. The molecule has 5 aromatic rings. The van der Waals surface area contributed by atoms with Crippen LogP contribution in [0.25, 0.3) is 32.0 Å². The van der Waals surface area contributed by atoms with Crippen LogP contribution >= 0.6 is 38.9 Å². The third-order valence-corrected chi connectivity index (χ3v) is 6.94. The molecule has 0 aliphatic carbocycles. The Bertz CT molecular complexity index is 1480. The number of ether oxygens (including phenoxy) is 1. The standard InChI is InChI=1S/C25H16BrClN2O2S/c26-17-10-11-21(31-14-16-8-4-5-9-20(16)27)18(12-17)23-28-24(30)19-13-22(32-25(19)29-23)15-6-2-1-3-7-15/h1-13H,14H2,(H,28,29,30). The van der Waals surface area contributed by atoms with E-state index in [1.165, 1.54) is 11.3 Å². The highest BCUT2D eigenvalue weighted by Crippen LogP contribution is 2.35. The number of nitrogens with zero attached hydrogens (tertiary/aromatic N) is 1. The summed E-state index contributed by atoms with van der Waals surface area (Å²) in [5.74, 6) is 1.06. The zero-order chi connectivity index (χ0) is 22.1. The molecule has 3 aromatic carbocycles. The molecule has 0 radical (unpaired) electrons. The van der Waals surface area contributed by atoms with E-state index in [0.29, 0.717) is 39.0 Å². The molecule has 0 bridgehead atoms. The molecule has 0 fully saturated rings. The summed E-state index contributed by atoms with van der Waals surface area (Å²) in [4.78, 5) is 22.2. The quantitative estimate of drug-likeness (QED) is 0.263. The van der Waals surface area contributed by atoms with Gasteiger partial charge in [0.25, 0.3) is 5.56 Å². The van der Waals surface area contributed by atoms with Crippen LogP contribution in [-0.2, 0) is 6.61 Å². The normalized spacial score (nSPS) is 11.1. The molecule has 2 heterocycles. The number of thiophene rings is 1. The first kappa shape index (κ1) is 20.9. The lowest BCUT2D eigenvalue weighted by Crippen LogP contribution is -2.08. The average molecular weight is 524 g/mol. The smallest absolute Gasteiger partial charge is 0.259 e. The molecular weight excluding hydrogens is 508 g/mol. The molecule has 7 heteroatoms. The second-order valence-electron chi connectivity index (χ2n) is 7.13. The topological polar surface area (TPSA) is 55.0 Å². The monoisotopic (exact) mass is 522 g/mol. The summed E-state index contributed by atoms with van der Waals surface area (Å²) < 4.78 is 6.93. The maximum Gasteiger partial charge on any atom is 0.259 e. The molecular formula is C25H16BrClN2O2S. The lowest BCUT2D eigenvalue weighted by atomic mass is 10.1. The summed E-state index contributed by atoms with van der Waals surface area (Å²) in [6.07, 6.45) is 0. The van der Waals surface area contributed by atoms with Crippen LogP contribution in [0.4, 0.5) is 0 Å². The Kier molecular flexibility index (Phi) is 5.83. The average Bonchev–Trinajstić information content (AvgIpc) is 3.25. The van der Waals surface area contributed by atoms with Crippen LogP contribution in [0.1, 0.15) is 5.56 Å². The van der Waals surface area contributed by atoms with E-state index >= 15 is 0 Å². The van der Waals surface area contributed by atoms with Gasteiger partial charge < -0.3 is 9.72 Å². The van der Waals surface area contributed by atoms with Crippen LogP contribution in [0.2, 0.25) is 5.02 Å². The highest BCUT2D eigenvalue weighted by molar-refractivity contribution is 9.10. The largest absolute Gasteiger partial charge is 0.488 e. The van der Waals surface area contributed by atoms with Crippen molar-refractivity contribution in [1.82, 2.24) is 9.97 Å². The molecule has 0 aliphatic heterocycles. The number of aromatic amines is 1. The van der Waals surface area contributed by atoms with E-state index in [4.69, 9.17) is 21.3 Å². The van der Waals surface area contributed by atoms with Gasteiger partial charge >= 0.3 is 0 Å². The second kappa shape index (κ2) is 8.90. The molecule has 0 unspecified atom stereocenters. The summed E-state index contributed by atoms with van der Waals surface area (Å²) in [6, 6.07) is 25.0. The van der Waals surface area contributed by atoms with Gasteiger partial charge in [-0.25, -0.2) is 4.98 Å². The van der Waals surface area contributed by atoms with Crippen molar-refractivity contribution < 1.29 is 4.74 Å². The summed E-state index contributed by atoms with van der Waals surface area (Å²) in [5.41, 5.74) is 2.45. The molecule has 4 nitrogen and oxygen atoms in total. The molecule has 0 amide bonds. The third kappa shape index (κ3) is 4.21. The third-order valence-electron chi connectivity index (χ3n) is 5.00. The van der Waals surface area contributed by atoms with Crippen molar-refractivity contribution >= 4 is 49.1 Å². The van der Waals surface area contributed by atoms with Crippen molar-refractivity contribution in [2.45, 2.75) is 6.61 Å². The van der Waals surface area contributed by atoms with Gasteiger partial charge in [-0.2, -0.15) is 0 Å². The fourth-order valence-corrected chi connectivity index (χ4v) is 4.98. The number of halogens is 2. The molecule has 0 spiro atoms. The minimum Gasteiger partial charge on any atom is -0.488 e. The first-order valence-electron chi connectivity index (χ1n) is 9.84. The van der Waals surface area contributed by atoms with Crippen molar-refractivity contribution in [2.75, 3.05) is 0 Å². The van der Waals surface area contributed by atoms with Gasteiger partial charge in [0.1, 0.15) is 23.0 Å². The SMILES string of the molecule is O=c1[nH]c(-c2cc(Br)ccc2OCc2ccccc2Cl)nc2sc(-c3ccccc3)cc12. The summed E-state index contributed by atoms with van der Waals surface area (Å²) in [5, 5.41) is 1.22. The molecule has 1 N–H and O–H groups in total. The zero-order valence-corrected chi connectivity index (χ0v) is 19.8. The van der Waals surface area contributed by atoms with Crippen molar-refractivity contribution in [3.8, 4) is 27.6 Å². The molecule has 0 saturated carbocycles. The maximum absolute atomic E-state index is 12.9. The highest BCUT2D eigenvalue weighted by Gasteiger charge is 2.15. The van der Waals surface area contributed by atoms with Crippen LogP contribution < -0.4 is 10.3 Å². The first-order valence-corrected chi connectivity index (χ1v) is 11.8. The van der Waals surface area contributed by atoms with Crippen LogP contribution in [0.5, 0.6) is 5.75 Å². The van der Waals surface area contributed by atoms with Gasteiger partial charge in [0.15, 0.2) is 0 Å². The number of hydrogen-bond donors (Lipinski definition) is 1. The minimum absolute atomic E-state index is 0.180. The van der Waals surface area contributed by atoms with Crippen LogP contribution in [0, 0.1) is 0 Å². The molecule has 0 saturated heterocycles. The molecule has 32 heavy (non-hydrogen) atoms. The summed E-state index contributed by atoms with van der Waals surface area (Å²) in [6.45, 7) is 0.304. The van der Waals surface area contributed by atoms with Crippen LogP contribution in [0.3, 0.4) is 0 Å². The van der Waals surface area contributed by atoms with Crippen molar-refractivity contribution in [1.29, 1.82) is 0 Å². The Labute approximate surface area is 201 Å². The zero-order valence-electron chi connectivity index (χ0n) is 16.6. The van der Waals surface area contributed by atoms with E-state index in [1.807, 2.05) is 78.9 Å². The predicted octanol–water partition coefficient (Wildman–Crippen LogP) is 7.31. The van der Waals surface area contributed by atoms with Gasteiger partial charge in [0, 0.05) is 19.9 Å². The molecule has 5 rings (SSSR count). The number of hydrogen-bond acceptors (Lipinski definition) is 4. The van der Waals surface area contributed by atoms with Crippen molar-refractivity contribution in [2.24, 2.45) is 0 Å². The lowest BCUT2D eigenvalue weighted by Gasteiger charge is -2.12. The molecule has 0 atom stereocenters. The Morgan fingerprint density at radius 1 is 1.00 bits per heavy atom. The van der Waals surface area contributed by atoms with Gasteiger partial charge in [-0.15, -0.1) is 11.3 Å². The number of benzene rings is 3. The van der Waals surface area contributed by atoms with E-state index in [2.05, 4.69) is 20.9 Å². The number of H-pyrrole nitrogens is 1. The van der Waals surface area contributed by atoms with Gasteiger partial charge in [-0.1, -0.05) is 76.1 Å². The van der Waals surface area contributed by atoms with Gasteiger partial charge in [-0.05, 0) is 35.9 Å². The van der Waals surface area contributed by atoms with E-state index in [1.54, 1.807) is 0 Å². The Morgan fingerprint density at radius 3 is 2.59 bits per heavy atom. The number of aromatic nitrogens is 2. The van der Waals surface area contributed by atoms with E-state index in [0.717, 1.165) is 20.5 Å². The Morgan fingerprint density at radius 2 is 1.78 bits per heavy atom. The Hall–Kier alpha value is -2.93. The fourth-order valence-electron chi connectivity index (χ4n) is 3.39. The van der Waals surface area contributed by atoms with Gasteiger partial charge in [0.2, 0.25) is 0 Å². The minimum atomic E-state index is -0.180. The van der Waals surface area contributed by atoms with Crippen LogP contribution in [0.15, 0.2) is 88.1 Å². The number of nitrogens with one attached hydrogen (secondary N) is 1. The van der Waals surface area contributed by atoms with E-state index < -0.39 is 0 Å². The van der Waals surface area contributed by atoms with Gasteiger partial charge in [-0.3, -0.25) is 4.79 Å². The highest BCUT2D eigenvalue weighted by atomic mass is 79.9.